The van der Waals surface area contributed by atoms with Crippen molar-refractivity contribution in [3.8, 4) is 0 Å². The summed E-state index contributed by atoms with van der Waals surface area (Å²) in [5.74, 6) is 0. The highest BCUT2D eigenvalue weighted by atomic mass is 15.5. The first-order valence-electron chi connectivity index (χ1n) is 3.62. The maximum atomic E-state index is 3.34. The summed E-state index contributed by atoms with van der Waals surface area (Å²) in [6.45, 7) is 2.27. The van der Waals surface area contributed by atoms with E-state index in [9.17, 15) is 0 Å². The molecule has 2 nitrogen and oxygen atoms in total. The molecule has 50 valence electrons. The smallest absolute Gasteiger partial charge is 0.0315 e. The number of nitrogens with zero attached hydrogens (tertiary/aromatic N) is 1. The van der Waals surface area contributed by atoms with Crippen LogP contribution >= 0.6 is 0 Å². The standard InChI is InChI=1S/C7H12N2/c1-2-6-9-7(3-1)4-5-8-9/h1-2,7-8H,3-6H2. The average Bonchev–Trinajstić information content (AvgIpc) is 2.33. The third-order valence-electron chi connectivity index (χ3n) is 2.11. The number of fused-ring (bicyclic) bond motifs is 1. The van der Waals surface area contributed by atoms with Gasteiger partial charge in [-0.1, -0.05) is 12.2 Å². The van der Waals surface area contributed by atoms with Crippen molar-refractivity contribution >= 4 is 0 Å². The minimum Gasteiger partial charge on any atom is -0.255 e. The van der Waals surface area contributed by atoms with Crippen molar-refractivity contribution < 1.29 is 0 Å². The molecule has 2 aliphatic heterocycles. The summed E-state index contributed by atoms with van der Waals surface area (Å²) in [5.41, 5.74) is 3.34. The summed E-state index contributed by atoms with van der Waals surface area (Å²) in [4.78, 5) is 0. The minimum absolute atomic E-state index is 0.801. The number of nitrogens with one attached hydrogen (secondary N) is 1. The number of hydrogen-bond donors (Lipinski definition) is 1. The molecule has 1 saturated heterocycles. The number of rotatable bonds is 0. The van der Waals surface area contributed by atoms with Crippen molar-refractivity contribution in [1.29, 1.82) is 0 Å². The van der Waals surface area contributed by atoms with E-state index >= 15 is 0 Å². The molecule has 0 radical (unpaired) electrons. The van der Waals surface area contributed by atoms with Crippen molar-refractivity contribution in [2.45, 2.75) is 18.9 Å². The van der Waals surface area contributed by atoms with Gasteiger partial charge in [-0.25, -0.2) is 5.01 Å². The maximum Gasteiger partial charge on any atom is 0.0315 e. The molecule has 0 bridgehead atoms. The van der Waals surface area contributed by atoms with Crippen molar-refractivity contribution in [2.24, 2.45) is 0 Å². The van der Waals surface area contributed by atoms with Gasteiger partial charge in [0.15, 0.2) is 0 Å². The monoisotopic (exact) mass is 124 g/mol. The zero-order valence-corrected chi connectivity index (χ0v) is 5.51. The number of hydrogen-bond acceptors (Lipinski definition) is 2. The second-order valence-electron chi connectivity index (χ2n) is 2.71. The molecule has 0 amide bonds. The van der Waals surface area contributed by atoms with Crippen molar-refractivity contribution in [3.63, 3.8) is 0 Å². The lowest BCUT2D eigenvalue weighted by atomic mass is 10.1. The highest BCUT2D eigenvalue weighted by Crippen LogP contribution is 2.15. The molecule has 1 fully saturated rings. The molecule has 0 aromatic carbocycles. The highest BCUT2D eigenvalue weighted by molar-refractivity contribution is 4.97. The van der Waals surface area contributed by atoms with Crippen LogP contribution in [0.2, 0.25) is 0 Å². The van der Waals surface area contributed by atoms with Gasteiger partial charge in [0.1, 0.15) is 0 Å². The van der Waals surface area contributed by atoms with E-state index in [4.69, 9.17) is 0 Å². The lowest BCUT2D eigenvalue weighted by molar-refractivity contribution is 0.202. The van der Waals surface area contributed by atoms with E-state index in [1.165, 1.54) is 19.4 Å². The van der Waals surface area contributed by atoms with Crippen LogP contribution in [-0.4, -0.2) is 24.1 Å². The maximum absolute atomic E-state index is 3.34. The Morgan fingerprint density at radius 3 is 3.33 bits per heavy atom. The van der Waals surface area contributed by atoms with Gasteiger partial charge in [0, 0.05) is 19.1 Å². The molecule has 9 heavy (non-hydrogen) atoms. The minimum atomic E-state index is 0.801. The lowest BCUT2D eigenvalue weighted by Crippen LogP contribution is -2.38. The van der Waals surface area contributed by atoms with Gasteiger partial charge in [-0.3, -0.25) is 5.43 Å². The summed E-state index contributed by atoms with van der Waals surface area (Å²) >= 11 is 0. The average molecular weight is 124 g/mol. The normalized spacial score (nSPS) is 34.9. The Hall–Kier alpha value is -0.340. The quantitative estimate of drug-likeness (QED) is 0.474. The van der Waals surface area contributed by atoms with E-state index in [1.807, 2.05) is 0 Å². The van der Waals surface area contributed by atoms with Crippen LogP contribution in [0.4, 0.5) is 0 Å². The predicted octanol–water partition coefficient (Wildman–Crippen LogP) is 0.525. The van der Waals surface area contributed by atoms with Gasteiger partial charge < -0.3 is 0 Å². The van der Waals surface area contributed by atoms with Gasteiger partial charge in [-0.15, -0.1) is 0 Å². The Morgan fingerprint density at radius 2 is 2.44 bits per heavy atom. The molecule has 2 aliphatic rings. The topological polar surface area (TPSA) is 15.3 Å². The second-order valence-corrected chi connectivity index (χ2v) is 2.71. The Balaban J connectivity index is 2.07. The molecule has 0 saturated carbocycles. The molecule has 1 N–H and O–H groups in total. The van der Waals surface area contributed by atoms with Crippen molar-refractivity contribution in [2.75, 3.05) is 13.1 Å². The van der Waals surface area contributed by atoms with E-state index in [1.54, 1.807) is 0 Å². The van der Waals surface area contributed by atoms with Crippen LogP contribution in [0.3, 0.4) is 0 Å². The fourth-order valence-electron chi connectivity index (χ4n) is 1.56. The van der Waals surface area contributed by atoms with E-state index in [0.29, 0.717) is 0 Å². The third-order valence-corrected chi connectivity index (χ3v) is 2.11. The van der Waals surface area contributed by atoms with Crippen LogP contribution in [0, 0.1) is 0 Å². The zero-order valence-electron chi connectivity index (χ0n) is 5.51. The predicted molar refractivity (Wildman–Crippen MR) is 36.9 cm³/mol. The highest BCUT2D eigenvalue weighted by Gasteiger charge is 2.23. The zero-order chi connectivity index (χ0) is 6.10. The van der Waals surface area contributed by atoms with Crippen LogP contribution in [0.25, 0.3) is 0 Å². The van der Waals surface area contributed by atoms with Gasteiger partial charge in [0.05, 0.1) is 0 Å². The van der Waals surface area contributed by atoms with E-state index in [0.717, 1.165) is 12.6 Å². The van der Waals surface area contributed by atoms with E-state index in [2.05, 4.69) is 22.6 Å². The van der Waals surface area contributed by atoms with Crippen molar-refractivity contribution in [3.05, 3.63) is 12.2 Å². The molecule has 2 heterocycles. The van der Waals surface area contributed by atoms with Crippen molar-refractivity contribution in [1.82, 2.24) is 10.4 Å². The summed E-state index contributed by atoms with van der Waals surface area (Å²) in [6.07, 6.45) is 7.08. The molecule has 0 aromatic heterocycles. The van der Waals surface area contributed by atoms with E-state index < -0.39 is 0 Å². The van der Waals surface area contributed by atoms with Crippen LogP contribution in [0.1, 0.15) is 12.8 Å². The van der Waals surface area contributed by atoms with Crippen LogP contribution in [0.5, 0.6) is 0 Å². The molecule has 0 spiro atoms. The molecule has 1 unspecified atom stereocenters. The third kappa shape index (κ3) is 0.884. The second kappa shape index (κ2) is 2.12. The van der Waals surface area contributed by atoms with Gasteiger partial charge in [0.25, 0.3) is 0 Å². The first-order chi connectivity index (χ1) is 4.47. The Morgan fingerprint density at radius 1 is 1.44 bits per heavy atom. The lowest BCUT2D eigenvalue weighted by Gasteiger charge is -2.24. The Labute approximate surface area is 55.5 Å². The van der Waals surface area contributed by atoms with Gasteiger partial charge in [-0.2, -0.15) is 0 Å². The first kappa shape index (κ1) is 5.45. The molecule has 1 atom stereocenters. The number of hydrazine groups is 1. The SMILES string of the molecule is C1=CCN2NCCC2C1. The first-order valence-corrected chi connectivity index (χ1v) is 3.62. The summed E-state index contributed by atoms with van der Waals surface area (Å²) in [7, 11) is 0. The fraction of sp³-hybridized carbons (Fsp3) is 0.714. The molecule has 0 aromatic rings. The summed E-state index contributed by atoms with van der Waals surface area (Å²) in [5, 5.41) is 2.33. The summed E-state index contributed by atoms with van der Waals surface area (Å²) < 4.78 is 0. The molecular weight excluding hydrogens is 112 g/mol. The molecular formula is C7H12N2. The van der Waals surface area contributed by atoms with Gasteiger partial charge >= 0.3 is 0 Å². The van der Waals surface area contributed by atoms with Crippen LogP contribution in [0.15, 0.2) is 12.2 Å². The van der Waals surface area contributed by atoms with Crippen LogP contribution < -0.4 is 5.43 Å². The fourth-order valence-corrected chi connectivity index (χ4v) is 1.56. The van der Waals surface area contributed by atoms with Crippen LogP contribution in [-0.2, 0) is 0 Å². The van der Waals surface area contributed by atoms with Gasteiger partial charge in [-0.05, 0) is 12.8 Å². The largest absolute Gasteiger partial charge is 0.255 e. The Kier molecular flexibility index (Phi) is 1.28. The Bertz CT molecular complexity index is 117. The molecule has 2 heteroatoms. The molecule has 2 rings (SSSR count). The summed E-state index contributed by atoms with van der Waals surface area (Å²) in [6, 6.07) is 0.801. The van der Waals surface area contributed by atoms with E-state index in [-0.39, 0.29) is 0 Å². The van der Waals surface area contributed by atoms with Gasteiger partial charge in [0.2, 0.25) is 0 Å². The molecule has 0 aliphatic carbocycles.